The number of anilines is 2. The number of benzene rings is 3. The van der Waals surface area contributed by atoms with Gasteiger partial charge in [-0.2, -0.15) is 0 Å². The molecule has 0 spiro atoms. The number of carbonyl (C=O) groups is 4. The smallest absolute Gasteiger partial charge is 0.269 e. The number of nitrogens with zero attached hydrogens (tertiary/aromatic N) is 4. The molecule has 7 rings (SSSR count). The molecular weight excluding hydrogens is 596 g/mol. The third-order valence-corrected chi connectivity index (χ3v) is 9.87. The molecule has 0 bridgehead atoms. The highest BCUT2D eigenvalue weighted by Gasteiger charge is 2.62. The van der Waals surface area contributed by atoms with E-state index in [0.29, 0.717) is 11.1 Å². The quantitative estimate of drug-likeness (QED) is 0.185. The van der Waals surface area contributed by atoms with Gasteiger partial charge in [0.1, 0.15) is 5.75 Å². The molecule has 13 nitrogen and oxygen atoms in total. The third-order valence-electron chi connectivity index (χ3n) is 9.87. The normalized spacial score (nSPS) is 26.8. The fourth-order valence-corrected chi connectivity index (χ4v) is 7.79. The lowest BCUT2D eigenvalue weighted by Crippen LogP contribution is -2.43. The number of nitro groups is 2. The van der Waals surface area contributed by atoms with E-state index in [2.05, 4.69) is 0 Å². The number of aryl methyl sites for hydroxylation is 1. The molecule has 1 saturated carbocycles. The Morgan fingerprint density at radius 3 is 1.74 bits per heavy atom. The van der Waals surface area contributed by atoms with Gasteiger partial charge in [0.2, 0.25) is 23.6 Å². The molecule has 2 heterocycles. The highest BCUT2D eigenvalue weighted by Crippen LogP contribution is 2.58. The third kappa shape index (κ3) is 4.22. The van der Waals surface area contributed by atoms with E-state index in [4.69, 9.17) is 0 Å². The van der Waals surface area contributed by atoms with E-state index in [1.54, 1.807) is 19.1 Å². The van der Waals surface area contributed by atoms with Crippen LogP contribution >= 0.6 is 0 Å². The topological polar surface area (TPSA) is 181 Å². The van der Waals surface area contributed by atoms with Crippen LogP contribution < -0.4 is 9.80 Å². The number of amides is 4. The first-order chi connectivity index (χ1) is 22.0. The van der Waals surface area contributed by atoms with Crippen molar-refractivity contribution < 1.29 is 34.1 Å². The zero-order chi connectivity index (χ0) is 32.6. The SMILES string of the molecule is Cc1cc([C@H]2C3=CC[C@@H]4C(=O)N(c5ccc([N+](=O)[O-])cc5)C(=O)[C@@H]4[C@@H]3C[C@H]3C(=O)N(c4ccc([N+](=O)[O-])cc4)C(=O)[C@@H]23)ccc1O. The molecule has 0 radical (unpaired) electrons. The van der Waals surface area contributed by atoms with Gasteiger partial charge in [-0.05, 0) is 67.1 Å². The van der Waals surface area contributed by atoms with Gasteiger partial charge in [0.05, 0.1) is 44.9 Å². The molecule has 4 amide bonds. The molecule has 3 fully saturated rings. The second-order valence-electron chi connectivity index (χ2n) is 12.1. The number of carbonyl (C=O) groups excluding carboxylic acids is 4. The molecule has 6 atom stereocenters. The fraction of sp³-hybridized carbons (Fsp3) is 0.273. The zero-order valence-electron chi connectivity index (χ0n) is 24.3. The average Bonchev–Trinajstić information content (AvgIpc) is 3.45. The number of nitro benzene ring substituents is 2. The summed E-state index contributed by atoms with van der Waals surface area (Å²) in [5.41, 5.74) is 2.04. The summed E-state index contributed by atoms with van der Waals surface area (Å²) in [6.07, 6.45) is 2.25. The molecular formula is C33H26N4O9. The standard InChI is InChI=1S/C33H26N4O9/c1-16-14-17(2-13-26(16)38)27-22-11-12-23-28(32(41)34(30(23)39)18-3-7-20(8-4-18)36(43)44)24(22)15-25-29(27)33(42)35(31(25)40)19-5-9-21(10-6-19)37(45)46/h2-11,13-14,23-25,27-29,38H,12,15H2,1H3/t23-,24+,25+,27-,28-,29+/m0/s1. The lowest BCUT2D eigenvalue weighted by molar-refractivity contribution is -0.385. The van der Waals surface area contributed by atoms with Crippen LogP contribution in [0.3, 0.4) is 0 Å². The maximum Gasteiger partial charge on any atom is 0.269 e. The molecule has 3 aromatic carbocycles. The van der Waals surface area contributed by atoms with Gasteiger partial charge in [0.15, 0.2) is 0 Å². The van der Waals surface area contributed by atoms with Crippen LogP contribution in [-0.4, -0.2) is 38.6 Å². The number of aromatic hydroxyl groups is 1. The van der Waals surface area contributed by atoms with Gasteiger partial charge in [0, 0.05) is 30.2 Å². The van der Waals surface area contributed by atoms with Gasteiger partial charge >= 0.3 is 0 Å². The minimum absolute atomic E-state index is 0.0574. The lowest BCUT2D eigenvalue weighted by atomic mass is 9.57. The summed E-state index contributed by atoms with van der Waals surface area (Å²) in [5.74, 6) is -6.23. The molecule has 46 heavy (non-hydrogen) atoms. The Bertz CT molecular complexity index is 1900. The molecule has 0 unspecified atom stereocenters. The molecule has 2 saturated heterocycles. The van der Waals surface area contributed by atoms with Crippen molar-refractivity contribution in [1.82, 2.24) is 0 Å². The van der Waals surface area contributed by atoms with Crippen LogP contribution in [0.25, 0.3) is 0 Å². The Balaban J connectivity index is 1.30. The average molecular weight is 623 g/mol. The van der Waals surface area contributed by atoms with Gasteiger partial charge in [0.25, 0.3) is 11.4 Å². The Morgan fingerprint density at radius 1 is 0.696 bits per heavy atom. The second kappa shape index (κ2) is 10.4. The molecule has 0 aromatic heterocycles. The first-order valence-corrected chi connectivity index (χ1v) is 14.7. The number of fused-ring (bicyclic) bond motifs is 4. The largest absolute Gasteiger partial charge is 0.508 e. The van der Waals surface area contributed by atoms with Crippen LogP contribution in [0.5, 0.6) is 5.75 Å². The summed E-state index contributed by atoms with van der Waals surface area (Å²) in [6.45, 7) is 1.72. The minimum Gasteiger partial charge on any atom is -0.508 e. The number of allylic oxidation sites excluding steroid dienone is 2. The van der Waals surface area contributed by atoms with Crippen LogP contribution in [0.2, 0.25) is 0 Å². The summed E-state index contributed by atoms with van der Waals surface area (Å²) < 4.78 is 0. The number of phenols is 1. The Labute approximate surface area is 261 Å². The summed E-state index contributed by atoms with van der Waals surface area (Å²) >= 11 is 0. The predicted octanol–water partition coefficient (Wildman–Crippen LogP) is 4.56. The molecule has 4 aliphatic rings. The van der Waals surface area contributed by atoms with Gasteiger partial charge in [-0.25, -0.2) is 0 Å². The molecule has 1 N–H and O–H groups in total. The first-order valence-electron chi connectivity index (χ1n) is 14.7. The number of hydrogen-bond donors (Lipinski definition) is 1. The maximum absolute atomic E-state index is 14.2. The summed E-state index contributed by atoms with van der Waals surface area (Å²) in [7, 11) is 0. The van der Waals surface area contributed by atoms with Crippen LogP contribution in [-0.2, 0) is 19.2 Å². The van der Waals surface area contributed by atoms with Crippen molar-refractivity contribution in [2.75, 3.05) is 9.80 Å². The van der Waals surface area contributed by atoms with Crippen LogP contribution in [0.15, 0.2) is 78.4 Å². The van der Waals surface area contributed by atoms with E-state index in [0.717, 1.165) is 15.4 Å². The molecule has 232 valence electrons. The Kier molecular flexibility index (Phi) is 6.58. The van der Waals surface area contributed by atoms with Crippen molar-refractivity contribution in [3.05, 3.63) is 110 Å². The Morgan fingerprint density at radius 2 is 1.22 bits per heavy atom. The lowest BCUT2D eigenvalue weighted by Gasteiger charge is -2.44. The first kappa shape index (κ1) is 29.0. The highest BCUT2D eigenvalue weighted by atomic mass is 16.6. The molecule has 3 aromatic rings. The van der Waals surface area contributed by atoms with Gasteiger partial charge in [-0.1, -0.05) is 23.8 Å². The summed E-state index contributed by atoms with van der Waals surface area (Å²) in [4.78, 5) is 79.3. The van der Waals surface area contributed by atoms with Crippen LogP contribution in [0, 0.1) is 56.7 Å². The van der Waals surface area contributed by atoms with Crippen molar-refractivity contribution >= 4 is 46.4 Å². The number of imide groups is 2. The van der Waals surface area contributed by atoms with Crippen LogP contribution in [0.4, 0.5) is 22.7 Å². The Hall–Kier alpha value is -5.72. The molecule has 2 aliphatic heterocycles. The second-order valence-corrected chi connectivity index (χ2v) is 12.1. The van der Waals surface area contributed by atoms with Crippen molar-refractivity contribution in [3.63, 3.8) is 0 Å². The summed E-state index contributed by atoms with van der Waals surface area (Å²) in [5, 5.41) is 32.6. The van der Waals surface area contributed by atoms with E-state index in [1.165, 1.54) is 54.6 Å². The van der Waals surface area contributed by atoms with E-state index in [-0.39, 0.29) is 41.3 Å². The van der Waals surface area contributed by atoms with E-state index >= 15 is 0 Å². The number of phenolic OH excluding ortho intramolecular Hbond substituents is 1. The van der Waals surface area contributed by atoms with Crippen molar-refractivity contribution in [2.24, 2.45) is 29.6 Å². The predicted molar refractivity (Wildman–Crippen MR) is 162 cm³/mol. The molecule has 2 aliphatic carbocycles. The van der Waals surface area contributed by atoms with Gasteiger partial charge in [-0.15, -0.1) is 0 Å². The van der Waals surface area contributed by atoms with Crippen molar-refractivity contribution in [1.29, 1.82) is 0 Å². The van der Waals surface area contributed by atoms with Crippen molar-refractivity contribution in [2.45, 2.75) is 25.7 Å². The fourth-order valence-electron chi connectivity index (χ4n) is 7.79. The minimum atomic E-state index is -0.848. The maximum atomic E-state index is 14.2. The monoisotopic (exact) mass is 622 g/mol. The number of rotatable bonds is 5. The zero-order valence-corrected chi connectivity index (χ0v) is 24.3. The van der Waals surface area contributed by atoms with Gasteiger partial charge in [-0.3, -0.25) is 49.2 Å². The highest BCUT2D eigenvalue weighted by molar-refractivity contribution is 6.24. The van der Waals surface area contributed by atoms with E-state index in [1.807, 2.05) is 6.08 Å². The van der Waals surface area contributed by atoms with E-state index in [9.17, 15) is 44.5 Å². The van der Waals surface area contributed by atoms with Gasteiger partial charge < -0.3 is 5.11 Å². The van der Waals surface area contributed by atoms with Crippen LogP contribution in [0.1, 0.15) is 29.9 Å². The molecule has 13 heteroatoms. The van der Waals surface area contributed by atoms with Crippen molar-refractivity contribution in [3.8, 4) is 5.75 Å². The summed E-state index contributed by atoms with van der Waals surface area (Å²) in [6, 6.07) is 15.3. The number of non-ortho nitro benzene ring substituents is 2. The number of hydrogen-bond acceptors (Lipinski definition) is 9. The van der Waals surface area contributed by atoms with E-state index < -0.39 is 69.0 Å².